The van der Waals surface area contributed by atoms with Gasteiger partial charge in [-0.2, -0.15) is 0 Å². The number of H-pyrrole nitrogens is 2. The van der Waals surface area contributed by atoms with Gasteiger partial charge in [-0.25, -0.2) is 9.97 Å². The van der Waals surface area contributed by atoms with Crippen molar-refractivity contribution in [3.8, 4) is 0 Å². The van der Waals surface area contributed by atoms with E-state index in [1.165, 1.54) is 0 Å². The molecule has 6 heteroatoms. The summed E-state index contributed by atoms with van der Waals surface area (Å²) in [6, 6.07) is 9.91. The molecule has 0 aliphatic rings. The van der Waals surface area contributed by atoms with Crippen LogP contribution in [0.2, 0.25) is 0 Å². The van der Waals surface area contributed by atoms with Gasteiger partial charge < -0.3 is 4.98 Å². The number of nitrogens with zero attached hydrogens (tertiary/aromatic N) is 2. The Hall–Kier alpha value is -2.34. The molecule has 5 nitrogen and oxygen atoms in total. The number of hydrogen-bond donors (Lipinski definition) is 2. The largest absolute Gasteiger partial charge is 0.315 e. The van der Waals surface area contributed by atoms with Crippen LogP contribution in [0.15, 0.2) is 41.3 Å². The summed E-state index contributed by atoms with van der Waals surface area (Å²) < 4.78 is 0.252. The summed E-state index contributed by atoms with van der Waals surface area (Å²) in [6.07, 6.45) is 2.29. The van der Waals surface area contributed by atoms with Crippen molar-refractivity contribution >= 4 is 23.4 Å². The van der Waals surface area contributed by atoms with Gasteiger partial charge >= 0.3 is 0 Å². The molecular weight excluding hydrogens is 260 g/mol. The lowest BCUT2D eigenvalue weighted by Crippen LogP contribution is -2.11. The highest BCUT2D eigenvalue weighted by molar-refractivity contribution is 7.71. The Morgan fingerprint density at radius 2 is 1.95 bits per heavy atom. The number of nitrogens with one attached hydrogen (secondary N) is 2. The number of benzene rings is 1. The maximum atomic E-state index is 11.8. The third-order valence-corrected chi connectivity index (χ3v) is 2.93. The van der Waals surface area contributed by atoms with Crippen molar-refractivity contribution in [2.45, 2.75) is 6.42 Å². The molecule has 1 aromatic carbocycles. The topological polar surface area (TPSA) is 74.4 Å². The van der Waals surface area contributed by atoms with Gasteiger partial charge in [-0.1, -0.05) is 30.3 Å². The second kappa shape index (κ2) is 4.74. The minimum absolute atomic E-state index is 0.252. The van der Waals surface area contributed by atoms with Gasteiger partial charge in [0, 0.05) is 6.42 Å². The predicted octanol–water partition coefficient (Wildman–Crippen LogP) is 1.97. The second-order valence-corrected chi connectivity index (χ2v) is 4.54. The summed E-state index contributed by atoms with van der Waals surface area (Å²) in [7, 11) is 0. The van der Waals surface area contributed by atoms with E-state index >= 15 is 0 Å². The molecule has 3 rings (SSSR count). The quantitative estimate of drug-likeness (QED) is 0.698. The molecule has 0 radical (unpaired) electrons. The zero-order valence-electron chi connectivity index (χ0n) is 9.88. The number of aromatic nitrogens is 4. The van der Waals surface area contributed by atoms with Crippen molar-refractivity contribution in [2.75, 3.05) is 0 Å². The third-order valence-electron chi connectivity index (χ3n) is 2.72. The molecule has 0 bridgehead atoms. The van der Waals surface area contributed by atoms with Gasteiger partial charge in [-0.05, 0) is 17.8 Å². The average Bonchev–Trinajstić information content (AvgIpc) is 2.40. The first kappa shape index (κ1) is 11.7. The molecule has 2 N–H and O–H groups in total. The highest BCUT2D eigenvalue weighted by atomic mass is 32.1. The number of rotatable bonds is 2. The second-order valence-electron chi connectivity index (χ2n) is 4.13. The van der Waals surface area contributed by atoms with Gasteiger partial charge in [0.2, 0.25) is 0 Å². The zero-order chi connectivity index (χ0) is 13.2. The number of aromatic amines is 2. The van der Waals surface area contributed by atoms with Crippen LogP contribution in [-0.2, 0) is 6.42 Å². The summed E-state index contributed by atoms with van der Waals surface area (Å²) in [5.41, 5.74) is 2.24. The molecular formula is C13H10N4OS. The first-order valence-corrected chi connectivity index (χ1v) is 6.15. The Bertz CT molecular complexity index is 838. The third kappa shape index (κ3) is 2.43. The minimum Gasteiger partial charge on any atom is -0.315 e. The van der Waals surface area contributed by atoms with Crippen LogP contribution in [0.3, 0.4) is 0 Å². The summed E-state index contributed by atoms with van der Waals surface area (Å²) in [5, 5.41) is 0. The van der Waals surface area contributed by atoms with E-state index in [0.717, 1.165) is 11.3 Å². The predicted molar refractivity (Wildman–Crippen MR) is 74.6 cm³/mol. The lowest BCUT2D eigenvalue weighted by molar-refractivity contribution is 1.02. The van der Waals surface area contributed by atoms with E-state index in [2.05, 4.69) is 19.9 Å². The molecule has 0 atom stereocenters. The van der Waals surface area contributed by atoms with Gasteiger partial charge in [0.1, 0.15) is 0 Å². The molecule has 0 saturated heterocycles. The molecule has 19 heavy (non-hydrogen) atoms. The molecule has 0 aliphatic heterocycles. The van der Waals surface area contributed by atoms with E-state index in [4.69, 9.17) is 12.2 Å². The zero-order valence-corrected chi connectivity index (χ0v) is 10.7. The molecule has 3 aromatic rings. The lowest BCUT2D eigenvalue weighted by Gasteiger charge is -2.02. The van der Waals surface area contributed by atoms with Crippen LogP contribution in [0.1, 0.15) is 11.3 Å². The first-order valence-electron chi connectivity index (χ1n) is 5.74. The Morgan fingerprint density at radius 3 is 2.74 bits per heavy atom. The molecule has 0 amide bonds. The number of hydrogen-bond acceptors (Lipinski definition) is 4. The molecule has 94 valence electrons. The van der Waals surface area contributed by atoms with E-state index in [-0.39, 0.29) is 15.8 Å². The van der Waals surface area contributed by atoms with Crippen molar-refractivity contribution < 1.29 is 0 Å². The number of fused-ring (bicyclic) bond motifs is 1. The average molecular weight is 270 g/mol. The van der Waals surface area contributed by atoms with Crippen molar-refractivity contribution in [3.05, 3.63) is 62.9 Å². The van der Waals surface area contributed by atoms with E-state index < -0.39 is 0 Å². The fraction of sp³-hybridized carbons (Fsp3) is 0.0769. The van der Waals surface area contributed by atoms with Crippen LogP contribution in [0.25, 0.3) is 11.2 Å². The van der Waals surface area contributed by atoms with E-state index in [1.54, 1.807) is 6.20 Å². The highest BCUT2D eigenvalue weighted by Crippen LogP contribution is 2.08. The van der Waals surface area contributed by atoms with Crippen LogP contribution in [0.5, 0.6) is 0 Å². The monoisotopic (exact) mass is 270 g/mol. The van der Waals surface area contributed by atoms with Crippen molar-refractivity contribution in [1.82, 2.24) is 19.9 Å². The Morgan fingerprint density at radius 1 is 1.16 bits per heavy atom. The molecule has 0 unspecified atom stereocenters. The van der Waals surface area contributed by atoms with E-state index in [0.29, 0.717) is 12.1 Å². The van der Waals surface area contributed by atoms with Gasteiger partial charge in [0.25, 0.3) is 5.56 Å². The van der Waals surface area contributed by atoms with Crippen LogP contribution < -0.4 is 5.56 Å². The van der Waals surface area contributed by atoms with E-state index in [1.807, 2.05) is 30.3 Å². The van der Waals surface area contributed by atoms with Gasteiger partial charge in [0.05, 0.1) is 11.9 Å². The first-order chi connectivity index (χ1) is 9.22. The molecule has 2 aromatic heterocycles. The van der Waals surface area contributed by atoms with E-state index in [9.17, 15) is 4.79 Å². The standard InChI is InChI=1S/C13H10N4OS/c18-12-10-11(16-13(19)17-12)14-7-9(15-10)6-8-4-2-1-3-5-8/h1-5,7H,6H2,(H2,14,16,17,18,19). The minimum atomic E-state index is -0.318. The van der Waals surface area contributed by atoms with Crippen LogP contribution in [-0.4, -0.2) is 19.9 Å². The molecule has 0 saturated carbocycles. The Labute approximate surface area is 113 Å². The summed E-state index contributed by atoms with van der Waals surface area (Å²) in [4.78, 5) is 25.6. The normalized spacial score (nSPS) is 10.7. The van der Waals surface area contributed by atoms with Crippen molar-refractivity contribution in [3.63, 3.8) is 0 Å². The molecule has 0 fully saturated rings. The smallest absolute Gasteiger partial charge is 0.279 e. The van der Waals surface area contributed by atoms with Crippen molar-refractivity contribution in [1.29, 1.82) is 0 Å². The summed E-state index contributed by atoms with van der Waals surface area (Å²) in [6.45, 7) is 0. The fourth-order valence-corrected chi connectivity index (χ4v) is 2.06. The summed E-state index contributed by atoms with van der Waals surface area (Å²) in [5.74, 6) is 0. The Kier molecular flexibility index (Phi) is 2.92. The SMILES string of the molecule is O=c1[nH]c(=S)[nH]c2ncc(Cc3ccccc3)nc12. The van der Waals surface area contributed by atoms with Crippen molar-refractivity contribution in [2.24, 2.45) is 0 Å². The molecule has 0 aliphatic carbocycles. The van der Waals surface area contributed by atoms with Crippen LogP contribution in [0, 0.1) is 4.77 Å². The lowest BCUT2D eigenvalue weighted by atomic mass is 10.1. The van der Waals surface area contributed by atoms with Gasteiger partial charge in [-0.3, -0.25) is 9.78 Å². The maximum absolute atomic E-state index is 11.8. The highest BCUT2D eigenvalue weighted by Gasteiger charge is 2.05. The van der Waals surface area contributed by atoms with Gasteiger partial charge in [-0.15, -0.1) is 0 Å². The fourth-order valence-electron chi connectivity index (χ4n) is 1.87. The molecule has 0 spiro atoms. The summed E-state index contributed by atoms with van der Waals surface area (Å²) >= 11 is 4.89. The van der Waals surface area contributed by atoms with Crippen LogP contribution in [0.4, 0.5) is 0 Å². The molecule has 2 heterocycles. The van der Waals surface area contributed by atoms with Gasteiger partial charge in [0.15, 0.2) is 15.9 Å². The van der Waals surface area contributed by atoms with Crippen LogP contribution >= 0.6 is 12.2 Å². The Balaban J connectivity index is 2.07. The maximum Gasteiger partial charge on any atom is 0.279 e.